The lowest BCUT2D eigenvalue weighted by atomic mass is 9.52. The summed E-state index contributed by atoms with van der Waals surface area (Å²) < 4.78 is 17.3. The van der Waals surface area contributed by atoms with Crippen LogP contribution in [0.3, 0.4) is 0 Å². The summed E-state index contributed by atoms with van der Waals surface area (Å²) >= 11 is 5.49. The SMILES string of the molecule is O=C(CCl)OC12CC3CC(CC(O)(C3)C1)C2.O=C(COc1ccc([S+](c2ccccc2)c2ccccc2)cc1)OC12CC3CC(CC(O)(C3)C1)C2.Oc1ccc([S+](c2ccccc2)c2ccccc2)cc1.[Cl-].[Cl-]. The maximum Gasteiger partial charge on any atom is 0.344 e. The van der Waals surface area contributed by atoms with Crippen LogP contribution in [0.1, 0.15) is 77.0 Å². The van der Waals surface area contributed by atoms with Crippen molar-refractivity contribution in [2.45, 2.75) is 129 Å². The first-order chi connectivity index (χ1) is 34.4. The lowest BCUT2D eigenvalue weighted by Crippen LogP contribution is -3.00. The number of halogens is 3. The molecule has 8 bridgehead atoms. The number of ether oxygens (including phenoxy) is 3. The number of phenols is 1. The highest BCUT2D eigenvalue weighted by Crippen LogP contribution is 2.60. The molecule has 0 heterocycles. The van der Waals surface area contributed by atoms with E-state index in [1.165, 1.54) is 35.8 Å². The molecule has 6 aromatic rings. The molecule has 0 saturated heterocycles. The molecule has 73 heavy (non-hydrogen) atoms. The normalized spacial score (nSPS) is 27.5. The predicted octanol–water partition coefficient (Wildman–Crippen LogP) is 6.14. The molecule has 4 unspecified atom stereocenters. The van der Waals surface area contributed by atoms with Crippen molar-refractivity contribution >= 4 is 45.3 Å². The van der Waals surface area contributed by atoms with Gasteiger partial charge in [0.15, 0.2) is 36.0 Å². The quantitative estimate of drug-likeness (QED) is 0.0761. The first-order valence-corrected chi connectivity index (χ1v) is 28.0. The van der Waals surface area contributed by atoms with Crippen LogP contribution in [0.4, 0.5) is 0 Å². The van der Waals surface area contributed by atoms with Crippen LogP contribution in [0.5, 0.6) is 11.5 Å². The molecule has 8 aliphatic rings. The summed E-state index contributed by atoms with van der Waals surface area (Å²) in [7, 11) is -0.353. The molecule has 0 aliphatic heterocycles. The Morgan fingerprint density at radius 3 is 1.11 bits per heavy atom. The number of hydrogen-bond donors (Lipinski definition) is 3. The van der Waals surface area contributed by atoms with Gasteiger partial charge in [0, 0.05) is 12.8 Å². The molecular weight excluding hydrogens is 1020 g/mol. The van der Waals surface area contributed by atoms with Crippen molar-refractivity contribution in [3.05, 3.63) is 170 Å². The van der Waals surface area contributed by atoms with Gasteiger partial charge < -0.3 is 54.3 Å². The van der Waals surface area contributed by atoms with E-state index >= 15 is 0 Å². The minimum Gasteiger partial charge on any atom is -1.00 e. The van der Waals surface area contributed by atoms with Crippen molar-refractivity contribution in [3.8, 4) is 11.5 Å². The zero-order valence-electron chi connectivity index (χ0n) is 40.7. The number of rotatable bonds is 12. The highest BCUT2D eigenvalue weighted by atomic mass is 35.5. The second-order valence-electron chi connectivity index (χ2n) is 20.9. The Hall–Kier alpha value is -4.65. The van der Waals surface area contributed by atoms with E-state index in [1.54, 1.807) is 12.1 Å². The van der Waals surface area contributed by atoms with Gasteiger partial charge in [0.2, 0.25) is 0 Å². The molecule has 8 nitrogen and oxygen atoms in total. The first kappa shape index (κ1) is 54.6. The Labute approximate surface area is 452 Å². The van der Waals surface area contributed by atoms with Crippen molar-refractivity contribution in [2.75, 3.05) is 12.5 Å². The first-order valence-electron chi connectivity index (χ1n) is 25.0. The number of carbonyl (C=O) groups is 2. The summed E-state index contributed by atoms with van der Waals surface area (Å²) in [6.45, 7) is -0.113. The number of carbonyl (C=O) groups excluding carboxylic acids is 2. The number of aliphatic hydroxyl groups is 2. The van der Waals surface area contributed by atoms with Crippen LogP contribution in [0, 0.1) is 23.7 Å². The Bertz CT molecular complexity index is 2630. The minimum atomic E-state index is -0.643. The number of benzene rings is 6. The van der Waals surface area contributed by atoms with Gasteiger partial charge in [-0.25, -0.2) is 4.79 Å². The largest absolute Gasteiger partial charge is 1.00 e. The lowest BCUT2D eigenvalue weighted by Gasteiger charge is -2.59. The van der Waals surface area contributed by atoms with E-state index in [-0.39, 0.29) is 71.0 Å². The van der Waals surface area contributed by atoms with Crippen LogP contribution in [0.25, 0.3) is 0 Å². The van der Waals surface area contributed by atoms with Crippen LogP contribution in [-0.4, -0.2) is 62.1 Å². The van der Waals surface area contributed by atoms with Gasteiger partial charge >= 0.3 is 11.9 Å². The summed E-state index contributed by atoms with van der Waals surface area (Å²) in [5, 5.41) is 30.8. The molecule has 4 atom stereocenters. The van der Waals surface area contributed by atoms with Crippen LogP contribution in [0.2, 0.25) is 0 Å². The van der Waals surface area contributed by atoms with E-state index in [1.807, 2.05) is 48.5 Å². The summed E-state index contributed by atoms with van der Waals surface area (Å²) in [5.74, 6) is 2.22. The molecule has 8 aliphatic carbocycles. The van der Waals surface area contributed by atoms with Gasteiger partial charge in [-0.2, -0.15) is 0 Å². The van der Waals surface area contributed by atoms with Gasteiger partial charge in [-0.15, -0.1) is 11.6 Å². The fourth-order valence-corrected chi connectivity index (χ4v) is 17.7. The zero-order valence-corrected chi connectivity index (χ0v) is 44.6. The Balaban J connectivity index is 0.000000159. The molecule has 13 heteroatoms. The minimum absolute atomic E-state index is 0. The number of hydrogen-bond acceptors (Lipinski definition) is 8. The maximum absolute atomic E-state index is 12.7. The van der Waals surface area contributed by atoms with Crippen molar-refractivity contribution in [1.29, 1.82) is 0 Å². The van der Waals surface area contributed by atoms with Gasteiger partial charge in [-0.3, -0.25) is 4.79 Å². The van der Waals surface area contributed by atoms with Crippen molar-refractivity contribution in [1.82, 2.24) is 0 Å². The molecule has 3 N–H and O–H groups in total. The smallest absolute Gasteiger partial charge is 0.344 e. The van der Waals surface area contributed by atoms with Crippen LogP contribution in [0.15, 0.2) is 199 Å². The zero-order chi connectivity index (χ0) is 49.1. The molecule has 0 radical (unpaired) electrons. The third-order valence-electron chi connectivity index (χ3n) is 15.1. The number of aromatic hydroxyl groups is 1. The van der Waals surface area contributed by atoms with Crippen LogP contribution >= 0.6 is 11.6 Å². The predicted molar refractivity (Wildman–Crippen MR) is 278 cm³/mol. The second-order valence-corrected chi connectivity index (χ2v) is 25.3. The Morgan fingerprint density at radius 1 is 0.466 bits per heavy atom. The number of phenolic OH excluding ortho intramolecular Hbond substituents is 1. The molecule has 0 spiro atoms. The summed E-state index contributed by atoms with van der Waals surface area (Å²) in [6.07, 6.45) is 10.7. The topological polar surface area (TPSA) is 123 Å². The van der Waals surface area contributed by atoms with E-state index < -0.39 is 22.4 Å². The van der Waals surface area contributed by atoms with Crippen LogP contribution in [-0.2, 0) is 40.9 Å². The van der Waals surface area contributed by atoms with E-state index in [4.69, 9.17) is 25.8 Å². The maximum atomic E-state index is 12.7. The van der Waals surface area contributed by atoms with E-state index in [2.05, 4.69) is 109 Å². The Morgan fingerprint density at radius 2 is 0.781 bits per heavy atom. The fourth-order valence-electron chi connectivity index (χ4n) is 13.5. The van der Waals surface area contributed by atoms with Crippen molar-refractivity contribution in [2.24, 2.45) is 23.7 Å². The summed E-state index contributed by atoms with van der Waals surface area (Å²) in [6, 6.07) is 57.5. The van der Waals surface area contributed by atoms with Gasteiger partial charge in [-0.1, -0.05) is 72.8 Å². The monoisotopic (exact) mass is 1080 g/mol. The highest BCUT2D eigenvalue weighted by Gasteiger charge is 2.60. The molecule has 0 aromatic heterocycles. The molecule has 14 rings (SSSR count). The van der Waals surface area contributed by atoms with Gasteiger partial charge in [0.05, 0.1) is 33.0 Å². The highest BCUT2D eigenvalue weighted by molar-refractivity contribution is 7.97. The Kier molecular flexibility index (Phi) is 17.6. The molecule has 8 fully saturated rings. The van der Waals surface area contributed by atoms with Crippen LogP contribution < -0.4 is 29.6 Å². The van der Waals surface area contributed by atoms with Gasteiger partial charge in [0.1, 0.15) is 28.6 Å². The lowest BCUT2D eigenvalue weighted by molar-refractivity contribution is -0.221. The molecule has 384 valence electrons. The third kappa shape index (κ3) is 13.1. The van der Waals surface area contributed by atoms with Crippen molar-refractivity contribution < 1.29 is 63.9 Å². The average molecular weight is 1080 g/mol. The van der Waals surface area contributed by atoms with E-state index in [0.29, 0.717) is 48.0 Å². The number of esters is 2. The molecule has 6 aromatic carbocycles. The molecular formula is C60H63Cl3O8S2. The second kappa shape index (κ2) is 23.5. The van der Waals surface area contributed by atoms with Crippen molar-refractivity contribution in [3.63, 3.8) is 0 Å². The summed E-state index contributed by atoms with van der Waals surface area (Å²) in [5.41, 5.74) is -2.11. The average Bonchev–Trinajstić information content (AvgIpc) is 3.34. The standard InChI is InChI=1S/C30H31O4S.C18H14OS.C12H17ClO3.2ClH/c31-28(34-30-18-22-15-23(19-30)17-29(32,16-22)21-30)20-33-24-11-13-27(14-12-24)35(25-7-3-1-4-8-25)26-9-5-2-6-10-26;19-15-11-13-18(14-12-15)20(16-7-3-1-4-8-16)17-9-5-2-6-10-17;13-6-10(14)16-12-4-8-1-9(5-12)3-11(15,2-8)7-12;;/h1-14,22-23,32H,15-21H2;1-14H;8-9,15H,1-7H2;2*1H/q+1;;;;/p-1. The third-order valence-corrected chi connectivity index (χ3v) is 19.8. The van der Waals surface area contributed by atoms with Gasteiger partial charge in [-0.05, 0) is 185 Å². The number of alkyl halides is 1. The van der Waals surface area contributed by atoms with Gasteiger partial charge in [0.25, 0.3) is 0 Å². The summed E-state index contributed by atoms with van der Waals surface area (Å²) in [4.78, 5) is 31.6. The fraction of sp³-hybridized carbons (Fsp3) is 0.367. The molecule has 8 saturated carbocycles. The molecule has 0 amide bonds. The van der Waals surface area contributed by atoms with E-state index in [0.717, 1.165) is 57.8 Å². The van der Waals surface area contributed by atoms with E-state index in [9.17, 15) is 24.9 Å².